The van der Waals surface area contributed by atoms with Crippen molar-refractivity contribution in [1.82, 2.24) is 0 Å². The number of carboxylic acid groups (broad SMARTS) is 1. The van der Waals surface area contributed by atoms with E-state index in [2.05, 4.69) is 6.08 Å². The Balaban J connectivity index is 0.000000980. The van der Waals surface area contributed by atoms with Crippen LogP contribution in [0.4, 0.5) is 0 Å². The second-order valence-corrected chi connectivity index (χ2v) is 3.16. The van der Waals surface area contributed by atoms with Crippen molar-refractivity contribution < 1.29 is 9.90 Å². The number of aromatic carboxylic acids is 1. The van der Waals surface area contributed by atoms with E-state index in [9.17, 15) is 4.79 Å². The molecule has 3 heteroatoms. The Kier molecular flexibility index (Phi) is 3.31. The lowest BCUT2D eigenvalue weighted by atomic mass is 9.95. The van der Waals surface area contributed by atoms with Crippen LogP contribution in [-0.2, 0) is 6.42 Å². The lowest BCUT2D eigenvalue weighted by Crippen LogP contribution is -2.00. The average Bonchev–Trinajstić information content (AvgIpc) is 2.17. The number of rotatable bonds is 1. The van der Waals surface area contributed by atoms with Crippen LogP contribution in [0.15, 0.2) is 24.3 Å². The minimum Gasteiger partial charge on any atom is -0.478 e. The van der Waals surface area contributed by atoms with Gasteiger partial charge in [0.2, 0.25) is 0 Å². The van der Waals surface area contributed by atoms with Crippen LogP contribution < -0.4 is 0 Å². The molecule has 0 aromatic heterocycles. The van der Waals surface area contributed by atoms with E-state index >= 15 is 0 Å². The van der Waals surface area contributed by atoms with Gasteiger partial charge in [0, 0.05) is 0 Å². The molecule has 1 aliphatic carbocycles. The first-order chi connectivity index (χ1) is 6.27. The number of carbonyl (C=O) groups is 1. The van der Waals surface area contributed by atoms with Gasteiger partial charge in [-0.3, -0.25) is 0 Å². The molecule has 1 aromatic carbocycles. The van der Waals surface area contributed by atoms with Crippen LogP contribution in [0.2, 0.25) is 0 Å². The third-order valence-electron chi connectivity index (χ3n) is 2.27. The molecule has 14 heavy (non-hydrogen) atoms. The summed E-state index contributed by atoms with van der Waals surface area (Å²) in [7, 11) is 0. The maximum Gasteiger partial charge on any atom is 0.335 e. The Morgan fingerprint density at radius 3 is 2.86 bits per heavy atom. The van der Waals surface area contributed by atoms with Gasteiger partial charge in [-0.2, -0.15) is 0 Å². The Hall–Kier alpha value is -1.28. The van der Waals surface area contributed by atoms with Crippen LogP contribution in [0.5, 0.6) is 0 Å². The largest absolute Gasteiger partial charge is 0.478 e. The second kappa shape index (κ2) is 4.29. The average molecular weight is 211 g/mol. The van der Waals surface area contributed by atoms with Crippen LogP contribution in [0.3, 0.4) is 0 Å². The van der Waals surface area contributed by atoms with Crippen molar-refractivity contribution in [2.45, 2.75) is 12.8 Å². The maximum atomic E-state index is 10.7. The molecule has 1 aliphatic rings. The summed E-state index contributed by atoms with van der Waals surface area (Å²) in [6.45, 7) is 0. The van der Waals surface area contributed by atoms with Gasteiger partial charge < -0.3 is 5.11 Å². The molecule has 2 rings (SSSR count). The molecule has 74 valence electrons. The maximum absolute atomic E-state index is 10.7. The van der Waals surface area contributed by atoms with E-state index in [0.717, 1.165) is 24.0 Å². The van der Waals surface area contributed by atoms with Gasteiger partial charge in [-0.1, -0.05) is 18.2 Å². The lowest BCUT2D eigenvalue weighted by Gasteiger charge is -2.10. The summed E-state index contributed by atoms with van der Waals surface area (Å²) in [5.41, 5.74) is 2.67. The minimum absolute atomic E-state index is 0. The van der Waals surface area contributed by atoms with Crippen molar-refractivity contribution in [2.75, 3.05) is 0 Å². The zero-order valence-electron chi connectivity index (χ0n) is 7.56. The number of carboxylic acids is 1. The standard InChI is InChI=1S/C11H10O2.ClH/c12-11(13)10-6-5-8-3-1-2-4-9(8)7-10;/h1,3,5-7H,2,4H2,(H,12,13);1H. The van der Waals surface area contributed by atoms with Crippen molar-refractivity contribution >= 4 is 24.5 Å². The molecule has 0 saturated heterocycles. The molecule has 1 aromatic rings. The van der Waals surface area contributed by atoms with Crippen LogP contribution in [-0.4, -0.2) is 11.1 Å². The summed E-state index contributed by atoms with van der Waals surface area (Å²) in [6, 6.07) is 5.28. The van der Waals surface area contributed by atoms with Gasteiger partial charge in [0.25, 0.3) is 0 Å². The first-order valence-corrected chi connectivity index (χ1v) is 4.30. The van der Waals surface area contributed by atoms with Gasteiger partial charge in [0.1, 0.15) is 0 Å². The Morgan fingerprint density at radius 2 is 2.14 bits per heavy atom. The summed E-state index contributed by atoms with van der Waals surface area (Å²) in [5, 5.41) is 8.77. The van der Waals surface area contributed by atoms with E-state index < -0.39 is 5.97 Å². The fourth-order valence-electron chi connectivity index (χ4n) is 1.57. The summed E-state index contributed by atoms with van der Waals surface area (Å²) >= 11 is 0. The molecule has 0 bridgehead atoms. The van der Waals surface area contributed by atoms with Crippen molar-refractivity contribution in [3.63, 3.8) is 0 Å². The third kappa shape index (κ3) is 1.96. The lowest BCUT2D eigenvalue weighted by molar-refractivity contribution is 0.0697. The number of hydrogen-bond acceptors (Lipinski definition) is 1. The summed E-state index contributed by atoms with van der Waals surface area (Å²) in [4.78, 5) is 10.7. The van der Waals surface area contributed by atoms with Crippen LogP contribution in [0.25, 0.3) is 6.08 Å². The van der Waals surface area contributed by atoms with Crippen molar-refractivity contribution in [3.05, 3.63) is 41.0 Å². The Morgan fingerprint density at radius 1 is 1.36 bits per heavy atom. The van der Waals surface area contributed by atoms with Crippen LogP contribution in [0.1, 0.15) is 27.9 Å². The summed E-state index contributed by atoms with van der Waals surface area (Å²) < 4.78 is 0. The van der Waals surface area contributed by atoms with E-state index in [1.807, 2.05) is 12.1 Å². The van der Waals surface area contributed by atoms with Crippen LogP contribution in [0, 0.1) is 0 Å². The highest BCUT2D eigenvalue weighted by Crippen LogP contribution is 2.20. The van der Waals surface area contributed by atoms with Crippen molar-refractivity contribution in [1.29, 1.82) is 0 Å². The number of halogens is 1. The number of aryl methyl sites for hydroxylation is 1. The molecule has 1 N–H and O–H groups in total. The van der Waals surface area contributed by atoms with Crippen LogP contribution >= 0.6 is 12.4 Å². The quantitative estimate of drug-likeness (QED) is 0.774. The molecule has 0 saturated carbocycles. The van der Waals surface area contributed by atoms with E-state index in [0.29, 0.717) is 5.56 Å². The molecule has 0 radical (unpaired) electrons. The Bertz CT molecular complexity index is 383. The number of fused-ring (bicyclic) bond motifs is 1. The van der Waals surface area contributed by atoms with E-state index in [1.165, 1.54) is 0 Å². The van der Waals surface area contributed by atoms with Gasteiger partial charge in [0.05, 0.1) is 5.56 Å². The zero-order valence-corrected chi connectivity index (χ0v) is 8.38. The number of benzene rings is 1. The minimum atomic E-state index is -0.850. The summed E-state index contributed by atoms with van der Waals surface area (Å²) in [5.74, 6) is -0.850. The van der Waals surface area contributed by atoms with Gasteiger partial charge in [-0.15, -0.1) is 12.4 Å². The first-order valence-electron chi connectivity index (χ1n) is 4.30. The molecule has 2 nitrogen and oxygen atoms in total. The van der Waals surface area contributed by atoms with E-state index in [1.54, 1.807) is 12.1 Å². The van der Waals surface area contributed by atoms with Gasteiger partial charge in [-0.25, -0.2) is 4.79 Å². The number of hydrogen-bond donors (Lipinski definition) is 1. The topological polar surface area (TPSA) is 37.3 Å². The highest BCUT2D eigenvalue weighted by molar-refractivity contribution is 5.88. The third-order valence-corrected chi connectivity index (χ3v) is 2.27. The monoisotopic (exact) mass is 210 g/mol. The molecule has 0 amide bonds. The predicted octanol–water partition coefficient (Wildman–Crippen LogP) is 2.77. The van der Waals surface area contributed by atoms with Gasteiger partial charge >= 0.3 is 5.97 Å². The highest BCUT2D eigenvalue weighted by atomic mass is 35.5. The van der Waals surface area contributed by atoms with Gasteiger partial charge in [-0.05, 0) is 36.1 Å². The molecule has 0 fully saturated rings. The first kappa shape index (κ1) is 10.8. The summed E-state index contributed by atoms with van der Waals surface area (Å²) in [6.07, 6.45) is 6.12. The Labute approximate surface area is 88.7 Å². The molecular weight excluding hydrogens is 200 g/mol. The SMILES string of the molecule is Cl.O=C(O)c1ccc2c(c1)CCC=C2. The fourth-order valence-corrected chi connectivity index (χ4v) is 1.57. The molecular formula is C11H11ClO2. The predicted molar refractivity (Wildman–Crippen MR) is 58.0 cm³/mol. The second-order valence-electron chi connectivity index (χ2n) is 3.16. The van der Waals surface area contributed by atoms with E-state index in [4.69, 9.17) is 5.11 Å². The molecule has 0 unspecified atom stereocenters. The van der Waals surface area contributed by atoms with Gasteiger partial charge in [0.15, 0.2) is 0 Å². The van der Waals surface area contributed by atoms with Crippen molar-refractivity contribution in [3.8, 4) is 0 Å². The normalized spacial score (nSPS) is 12.9. The highest BCUT2D eigenvalue weighted by Gasteiger charge is 2.08. The number of allylic oxidation sites excluding steroid dienone is 1. The molecule has 0 atom stereocenters. The smallest absolute Gasteiger partial charge is 0.335 e. The molecule has 0 spiro atoms. The molecule has 0 aliphatic heterocycles. The fraction of sp³-hybridized carbons (Fsp3) is 0.182. The van der Waals surface area contributed by atoms with E-state index in [-0.39, 0.29) is 12.4 Å². The molecule has 0 heterocycles. The zero-order chi connectivity index (χ0) is 9.26. The van der Waals surface area contributed by atoms with Crippen molar-refractivity contribution in [2.24, 2.45) is 0 Å².